The van der Waals surface area contributed by atoms with Gasteiger partial charge in [-0.2, -0.15) is 0 Å². The zero-order valence-electron chi connectivity index (χ0n) is 7.28. The molecule has 1 heterocycles. The van der Waals surface area contributed by atoms with Crippen LogP contribution in [0.1, 0.15) is 32.6 Å². The van der Waals surface area contributed by atoms with Gasteiger partial charge in [0.15, 0.2) is 6.71 Å². The molecule has 0 amide bonds. The minimum absolute atomic E-state index is 0.921. The van der Waals surface area contributed by atoms with E-state index >= 15 is 0 Å². The third kappa shape index (κ3) is 3.18. The number of hydrogen-bond acceptors (Lipinski definition) is 0. The predicted octanol–water partition coefficient (Wildman–Crippen LogP) is 3.93. The lowest BCUT2D eigenvalue weighted by molar-refractivity contribution is 0.727. The quantitative estimate of drug-likeness (QED) is 0.522. The van der Waals surface area contributed by atoms with E-state index in [2.05, 4.69) is 35.6 Å². The maximum Gasteiger partial charge on any atom is 0.183 e. The van der Waals surface area contributed by atoms with Crippen molar-refractivity contribution in [2.75, 3.05) is 0 Å². The van der Waals surface area contributed by atoms with Crippen molar-refractivity contribution >= 4 is 29.3 Å². The summed E-state index contributed by atoms with van der Waals surface area (Å²) in [6, 6.07) is 0. The van der Waals surface area contributed by atoms with E-state index in [-0.39, 0.29) is 0 Å². The molecule has 1 fully saturated rings. The van der Waals surface area contributed by atoms with Crippen molar-refractivity contribution in [2.45, 2.75) is 45.2 Å². The molecule has 0 aromatic rings. The Hall–Kier alpha value is 0.535. The molecule has 0 aromatic heterocycles. The first-order valence-corrected chi connectivity index (χ1v) is 5.78. The topological polar surface area (TPSA) is 0 Å². The van der Waals surface area contributed by atoms with Gasteiger partial charge in [0.05, 0.1) is 0 Å². The summed E-state index contributed by atoms with van der Waals surface area (Å²) in [6.45, 7) is 3.14. The van der Waals surface area contributed by atoms with Gasteiger partial charge in [0, 0.05) is 0 Å². The van der Waals surface area contributed by atoms with E-state index in [0.29, 0.717) is 0 Å². The predicted molar refractivity (Wildman–Crippen MR) is 61.6 cm³/mol. The lowest BCUT2D eigenvalue weighted by Crippen LogP contribution is -2.16. The molecule has 1 aliphatic rings. The van der Waals surface area contributed by atoms with Crippen LogP contribution in [0.5, 0.6) is 0 Å². The van der Waals surface area contributed by atoms with Gasteiger partial charge < -0.3 is 0 Å². The smallest absolute Gasteiger partial charge is 0.0845 e. The first-order chi connectivity index (χ1) is 5.34. The molecule has 0 bridgehead atoms. The fraction of sp³-hybridized carbons (Fsp3) is 0.778. The van der Waals surface area contributed by atoms with Crippen molar-refractivity contribution < 1.29 is 0 Å². The highest BCUT2D eigenvalue weighted by atomic mass is 127. The maximum absolute atomic E-state index is 2.52. The molecular formula is C9H16BI. The summed E-state index contributed by atoms with van der Waals surface area (Å²) in [5.74, 6) is 0. The van der Waals surface area contributed by atoms with Crippen molar-refractivity contribution in [3.63, 3.8) is 0 Å². The SMILES string of the molecule is CC/C=C(\I)B1CCCCC1. The van der Waals surface area contributed by atoms with Gasteiger partial charge in [-0.05, 0) is 9.90 Å². The first-order valence-electron chi connectivity index (χ1n) is 4.70. The Morgan fingerprint density at radius 2 is 2.00 bits per heavy atom. The van der Waals surface area contributed by atoms with E-state index in [1.807, 2.05) is 0 Å². The van der Waals surface area contributed by atoms with E-state index in [0.717, 1.165) is 6.71 Å². The maximum atomic E-state index is 2.52. The van der Waals surface area contributed by atoms with Gasteiger partial charge in [0.25, 0.3) is 0 Å². The van der Waals surface area contributed by atoms with Crippen LogP contribution in [-0.4, -0.2) is 6.71 Å². The van der Waals surface area contributed by atoms with Crippen LogP contribution >= 0.6 is 22.6 Å². The summed E-state index contributed by atoms with van der Waals surface area (Å²) in [4.78, 5) is 0. The molecule has 0 atom stereocenters. The van der Waals surface area contributed by atoms with Crippen LogP contribution in [0.25, 0.3) is 0 Å². The molecule has 0 aliphatic carbocycles. The fourth-order valence-corrected chi connectivity index (χ4v) is 2.80. The molecule has 0 N–H and O–H groups in total. The molecule has 1 aliphatic heterocycles. The minimum atomic E-state index is 0.921. The highest BCUT2D eigenvalue weighted by Crippen LogP contribution is 2.27. The lowest BCUT2D eigenvalue weighted by atomic mass is 9.41. The largest absolute Gasteiger partial charge is 0.183 e. The zero-order valence-corrected chi connectivity index (χ0v) is 9.43. The standard InChI is InChI=1S/C9H16BI/c1-2-6-9(11)10-7-4-3-5-8-10/h6H,2-5,7-8H2,1H3/b9-6-. The van der Waals surface area contributed by atoms with E-state index < -0.39 is 0 Å². The van der Waals surface area contributed by atoms with Crippen LogP contribution < -0.4 is 0 Å². The molecule has 0 radical (unpaired) electrons. The van der Waals surface area contributed by atoms with E-state index in [9.17, 15) is 0 Å². The Labute approximate surface area is 84.0 Å². The van der Waals surface area contributed by atoms with Crippen LogP contribution in [-0.2, 0) is 0 Å². The second kappa shape index (κ2) is 5.23. The van der Waals surface area contributed by atoms with Gasteiger partial charge in [0.2, 0.25) is 0 Å². The van der Waals surface area contributed by atoms with Gasteiger partial charge in [0.1, 0.15) is 0 Å². The Bertz CT molecular complexity index is 136. The Balaban J connectivity index is 2.38. The van der Waals surface area contributed by atoms with Crippen LogP contribution in [0, 0.1) is 0 Å². The van der Waals surface area contributed by atoms with Crippen LogP contribution in [0.2, 0.25) is 12.6 Å². The van der Waals surface area contributed by atoms with E-state index in [1.54, 1.807) is 3.48 Å². The summed E-state index contributed by atoms with van der Waals surface area (Å²) in [5, 5.41) is 0. The molecule has 0 saturated carbocycles. The number of hydrogen-bond donors (Lipinski definition) is 0. The average Bonchev–Trinajstić information content (AvgIpc) is 2.07. The summed E-state index contributed by atoms with van der Waals surface area (Å²) in [6.07, 6.45) is 10.8. The monoisotopic (exact) mass is 262 g/mol. The van der Waals surface area contributed by atoms with Crippen molar-refractivity contribution in [3.8, 4) is 0 Å². The van der Waals surface area contributed by atoms with Gasteiger partial charge in [-0.3, -0.25) is 0 Å². The number of halogens is 1. The lowest BCUT2D eigenvalue weighted by Gasteiger charge is -2.17. The second-order valence-electron chi connectivity index (χ2n) is 3.33. The minimum Gasteiger partial charge on any atom is -0.0845 e. The molecule has 0 unspecified atom stereocenters. The van der Waals surface area contributed by atoms with Crippen molar-refractivity contribution in [3.05, 3.63) is 9.56 Å². The van der Waals surface area contributed by atoms with Crippen molar-refractivity contribution in [1.29, 1.82) is 0 Å². The third-order valence-electron chi connectivity index (χ3n) is 2.39. The van der Waals surface area contributed by atoms with Crippen LogP contribution in [0.3, 0.4) is 0 Å². The molecule has 1 rings (SSSR count). The van der Waals surface area contributed by atoms with Crippen molar-refractivity contribution in [1.82, 2.24) is 0 Å². The molecule has 1 saturated heterocycles. The van der Waals surface area contributed by atoms with Crippen molar-refractivity contribution in [2.24, 2.45) is 0 Å². The van der Waals surface area contributed by atoms with Gasteiger partial charge in [-0.15, -0.1) is 0 Å². The van der Waals surface area contributed by atoms with Crippen LogP contribution in [0.15, 0.2) is 9.56 Å². The number of rotatable bonds is 2. The molecule has 0 spiro atoms. The number of allylic oxidation sites excluding steroid dienone is 1. The van der Waals surface area contributed by atoms with Gasteiger partial charge >= 0.3 is 0 Å². The normalized spacial score (nSPS) is 20.5. The molecule has 0 aromatic carbocycles. The first kappa shape index (κ1) is 9.62. The molecule has 0 nitrogen and oxygen atoms in total. The van der Waals surface area contributed by atoms with E-state index in [1.165, 1.54) is 38.3 Å². The summed E-state index contributed by atoms with van der Waals surface area (Å²) in [5.41, 5.74) is 0. The fourth-order valence-electron chi connectivity index (χ4n) is 1.74. The Morgan fingerprint density at radius 3 is 2.55 bits per heavy atom. The molecule has 62 valence electrons. The summed E-state index contributed by atoms with van der Waals surface area (Å²) in [7, 11) is 0. The third-order valence-corrected chi connectivity index (χ3v) is 3.72. The average molecular weight is 262 g/mol. The Morgan fingerprint density at radius 1 is 1.36 bits per heavy atom. The second-order valence-corrected chi connectivity index (χ2v) is 4.58. The highest BCUT2D eigenvalue weighted by Gasteiger charge is 2.19. The highest BCUT2D eigenvalue weighted by molar-refractivity contribution is 14.1. The van der Waals surface area contributed by atoms with E-state index in [4.69, 9.17) is 0 Å². The zero-order chi connectivity index (χ0) is 8.10. The summed E-state index contributed by atoms with van der Waals surface area (Å²) < 4.78 is 1.62. The molecule has 11 heavy (non-hydrogen) atoms. The van der Waals surface area contributed by atoms with Gasteiger partial charge in [-0.25, -0.2) is 0 Å². The molecular weight excluding hydrogens is 246 g/mol. The van der Waals surface area contributed by atoms with Gasteiger partial charge in [-0.1, -0.05) is 67.5 Å². The van der Waals surface area contributed by atoms with Crippen LogP contribution in [0.4, 0.5) is 0 Å². The summed E-state index contributed by atoms with van der Waals surface area (Å²) >= 11 is 2.52. The Kier molecular flexibility index (Phi) is 4.57. The molecule has 2 heteroatoms.